The third-order valence-corrected chi connectivity index (χ3v) is 3.93. The average Bonchev–Trinajstić information content (AvgIpc) is 2.47. The van der Waals surface area contributed by atoms with E-state index in [1.54, 1.807) is 6.07 Å². The largest absolute Gasteiger partial charge is 0.478 e. The van der Waals surface area contributed by atoms with Crippen LogP contribution in [0.5, 0.6) is 0 Å². The van der Waals surface area contributed by atoms with Gasteiger partial charge in [0.15, 0.2) is 5.43 Å². The molecule has 0 spiro atoms. The van der Waals surface area contributed by atoms with Crippen LogP contribution in [0.2, 0.25) is 0 Å². The maximum Gasteiger partial charge on any atom is 0.335 e. The number of rotatable bonds is 2. The predicted octanol–water partition coefficient (Wildman–Crippen LogP) is 3.66. The summed E-state index contributed by atoms with van der Waals surface area (Å²) in [5, 5.41) is 9.35. The number of fused-ring (bicyclic) bond motifs is 1. The van der Waals surface area contributed by atoms with E-state index in [-0.39, 0.29) is 11.0 Å². The van der Waals surface area contributed by atoms with Crippen LogP contribution in [0.1, 0.15) is 10.4 Å². The number of carboxylic acids is 1. The van der Waals surface area contributed by atoms with E-state index in [0.717, 1.165) is 10.0 Å². The number of carbonyl (C=O) groups is 1. The van der Waals surface area contributed by atoms with E-state index in [2.05, 4.69) is 20.9 Å². The first-order valence-corrected chi connectivity index (χ1v) is 7.01. The van der Waals surface area contributed by atoms with Crippen LogP contribution in [0.25, 0.3) is 22.2 Å². The number of aromatic nitrogens is 1. The number of hydrogen-bond acceptors (Lipinski definition) is 2. The van der Waals surface area contributed by atoms with Crippen molar-refractivity contribution in [3.8, 4) is 11.3 Å². The lowest BCUT2D eigenvalue weighted by Gasteiger charge is -2.07. The van der Waals surface area contributed by atoms with Crippen molar-refractivity contribution in [2.75, 3.05) is 0 Å². The zero-order chi connectivity index (χ0) is 15.0. The zero-order valence-electron chi connectivity index (χ0n) is 10.8. The second-order valence-electron chi connectivity index (χ2n) is 4.59. The first-order valence-electron chi connectivity index (χ1n) is 6.21. The lowest BCUT2D eigenvalue weighted by atomic mass is 10.1. The minimum Gasteiger partial charge on any atom is -0.478 e. The molecule has 0 radical (unpaired) electrons. The quantitative estimate of drug-likeness (QED) is 0.745. The molecule has 0 fully saturated rings. The summed E-state index contributed by atoms with van der Waals surface area (Å²) in [5.41, 5.74) is 2.05. The maximum absolute atomic E-state index is 12.2. The number of aromatic amines is 1. The molecule has 2 aromatic carbocycles. The minimum atomic E-state index is -1.05. The Morgan fingerprint density at radius 1 is 1.10 bits per heavy atom. The van der Waals surface area contributed by atoms with Gasteiger partial charge in [0.25, 0.3) is 0 Å². The first-order chi connectivity index (χ1) is 10.1. The lowest BCUT2D eigenvalue weighted by molar-refractivity contribution is 0.0697. The summed E-state index contributed by atoms with van der Waals surface area (Å²) < 4.78 is 0.877. The van der Waals surface area contributed by atoms with Crippen molar-refractivity contribution in [3.63, 3.8) is 0 Å². The summed E-state index contributed by atoms with van der Waals surface area (Å²) in [6.07, 6.45) is 0. The van der Waals surface area contributed by atoms with Crippen LogP contribution < -0.4 is 5.43 Å². The van der Waals surface area contributed by atoms with E-state index < -0.39 is 5.97 Å². The molecule has 0 unspecified atom stereocenters. The Morgan fingerprint density at radius 3 is 2.57 bits per heavy atom. The SMILES string of the molecule is O=C(O)c1ccc2[nH]c(-c3ccccc3Br)cc(=O)c2c1. The van der Waals surface area contributed by atoms with Crippen molar-refractivity contribution >= 4 is 32.8 Å². The molecule has 3 rings (SSSR count). The summed E-state index contributed by atoms with van der Waals surface area (Å²) in [6, 6.07) is 13.5. The molecular weight excluding hydrogens is 334 g/mol. The molecule has 5 heteroatoms. The van der Waals surface area contributed by atoms with Crippen molar-refractivity contribution in [2.45, 2.75) is 0 Å². The van der Waals surface area contributed by atoms with E-state index in [1.165, 1.54) is 18.2 Å². The second kappa shape index (κ2) is 5.18. The van der Waals surface area contributed by atoms with Crippen LogP contribution >= 0.6 is 15.9 Å². The fraction of sp³-hybridized carbons (Fsp3) is 0. The van der Waals surface area contributed by atoms with Crippen molar-refractivity contribution in [1.29, 1.82) is 0 Å². The Hall–Kier alpha value is -2.40. The summed E-state index contributed by atoms with van der Waals surface area (Å²) in [4.78, 5) is 26.4. The lowest BCUT2D eigenvalue weighted by Crippen LogP contribution is -2.05. The Bertz CT molecular complexity index is 915. The van der Waals surface area contributed by atoms with Crippen molar-refractivity contribution in [1.82, 2.24) is 4.98 Å². The molecule has 0 saturated carbocycles. The molecular formula is C16H10BrNO3. The predicted molar refractivity (Wildman–Crippen MR) is 84.7 cm³/mol. The van der Waals surface area contributed by atoms with Gasteiger partial charge in [0.2, 0.25) is 0 Å². The van der Waals surface area contributed by atoms with Gasteiger partial charge in [-0.2, -0.15) is 0 Å². The summed E-state index contributed by atoms with van der Waals surface area (Å²) >= 11 is 3.45. The van der Waals surface area contributed by atoms with E-state index in [9.17, 15) is 9.59 Å². The van der Waals surface area contributed by atoms with Gasteiger partial charge in [0, 0.05) is 27.0 Å². The maximum atomic E-state index is 12.2. The normalized spacial score (nSPS) is 10.7. The topological polar surface area (TPSA) is 70.2 Å². The number of benzene rings is 2. The fourth-order valence-corrected chi connectivity index (χ4v) is 2.70. The van der Waals surface area contributed by atoms with Gasteiger partial charge in [-0.3, -0.25) is 4.79 Å². The molecule has 0 atom stereocenters. The van der Waals surface area contributed by atoms with Crippen molar-refractivity contribution < 1.29 is 9.90 Å². The van der Waals surface area contributed by atoms with Gasteiger partial charge in [0.1, 0.15) is 0 Å². The molecule has 0 aliphatic heterocycles. The van der Waals surface area contributed by atoms with E-state index in [1.807, 2.05) is 24.3 Å². The van der Waals surface area contributed by atoms with Crippen LogP contribution in [-0.2, 0) is 0 Å². The molecule has 1 aromatic heterocycles. The number of aromatic carboxylic acids is 1. The van der Waals surface area contributed by atoms with Crippen LogP contribution in [0.4, 0.5) is 0 Å². The molecule has 0 saturated heterocycles. The monoisotopic (exact) mass is 343 g/mol. The van der Waals surface area contributed by atoms with Crippen LogP contribution in [0.3, 0.4) is 0 Å². The average molecular weight is 344 g/mol. The second-order valence-corrected chi connectivity index (χ2v) is 5.45. The summed E-state index contributed by atoms with van der Waals surface area (Å²) in [5.74, 6) is -1.05. The van der Waals surface area contributed by atoms with Crippen LogP contribution in [-0.4, -0.2) is 16.1 Å². The highest BCUT2D eigenvalue weighted by atomic mass is 79.9. The van der Waals surface area contributed by atoms with Crippen molar-refractivity contribution in [3.05, 3.63) is 68.8 Å². The minimum absolute atomic E-state index is 0.0987. The van der Waals surface area contributed by atoms with Gasteiger partial charge < -0.3 is 10.1 Å². The molecule has 0 aliphatic carbocycles. The number of pyridine rings is 1. The van der Waals surface area contributed by atoms with Crippen molar-refractivity contribution in [2.24, 2.45) is 0 Å². The van der Waals surface area contributed by atoms with E-state index in [4.69, 9.17) is 5.11 Å². The van der Waals surface area contributed by atoms with Crippen LogP contribution in [0, 0.1) is 0 Å². The fourth-order valence-electron chi connectivity index (χ4n) is 2.20. The Kier molecular flexibility index (Phi) is 3.35. The first kappa shape index (κ1) is 13.6. The van der Waals surface area contributed by atoms with Gasteiger partial charge in [0.05, 0.1) is 11.3 Å². The highest BCUT2D eigenvalue weighted by molar-refractivity contribution is 9.10. The smallest absolute Gasteiger partial charge is 0.335 e. The Labute approximate surface area is 128 Å². The molecule has 1 heterocycles. The Morgan fingerprint density at radius 2 is 1.86 bits per heavy atom. The summed E-state index contributed by atoms with van der Waals surface area (Å²) in [6.45, 7) is 0. The molecule has 104 valence electrons. The highest BCUT2D eigenvalue weighted by Crippen LogP contribution is 2.26. The van der Waals surface area contributed by atoms with E-state index in [0.29, 0.717) is 16.6 Å². The molecule has 4 nitrogen and oxygen atoms in total. The molecule has 0 aliphatic rings. The summed E-state index contributed by atoms with van der Waals surface area (Å²) in [7, 11) is 0. The molecule has 2 N–H and O–H groups in total. The van der Waals surface area contributed by atoms with Gasteiger partial charge in [-0.25, -0.2) is 4.79 Å². The number of nitrogens with one attached hydrogen (secondary N) is 1. The molecule has 0 amide bonds. The number of halogens is 1. The highest BCUT2D eigenvalue weighted by Gasteiger charge is 2.09. The van der Waals surface area contributed by atoms with Gasteiger partial charge in [-0.15, -0.1) is 0 Å². The molecule has 3 aromatic rings. The standard InChI is InChI=1S/C16H10BrNO3/c17-12-4-2-1-3-10(12)14-8-15(19)11-7-9(16(20)21)5-6-13(11)18-14/h1-8H,(H,18,19)(H,20,21). The Balaban J connectivity index is 2.26. The third-order valence-electron chi connectivity index (χ3n) is 3.24. The zero-order valence-corrected chi connectivity index (χ0v) is 12.3. The number of hydrogen-bond donors (Lipinski definition) is 2. The van der Waals surface area contributed by atoms with Crippen LogP contribution in [0.15, 0.2) is 57.8 Å². The van der Waals surface area contributed by atoms with Gasteiger partial charge in [-0.05, 0) is 24.3 Å². The number of H-pyrrole nitrogens is 1. The van der Waals surface area contributed by atoms with Gasteiger partial charge >= 0.3 is 5.97 Å². The van der Waals surface area contributed by atoms with Gasteiger partial charge in [-0.1, -0.05) is 34.1 Å². The molecule has 21 heavy (non-hydrogen) atoms. The van der Waals surface area contributed by atoms with E-state index >= 15 is 0 Å². The number of carboxylic acid groups (broad SMARTS) is 1. The third kappa shape index (κ3) is 2.48. The molecule has 0 bridgehead atoms.